The van der Waals surface area contributed by atoms with Crippen LogP contribution in [0.2, 0.25) is 0 Å². The van der Waals surface area contributed by atoms with E-state index < -0.39 is 215 Å². The van der Waals surface area contributed by atoms with Crippen LogP contribution in [-0.2, 0) is 9.59 Å². The van der Waals surface area contributed by atoms with E-state index in [4.69, 9.17) is 10.2 Å². The van der Waals surface area contributed by atoms with Crippen molar-refractivity contribution in [3.63, 3.8) is 0 Å². The summed E-state index contributed by atoms with van der Waals surface area (Å²) in [4.78, 5) is 166. The number of nitrogens with zero attached hydrogens (tertiary/aromatic N) is 19. The van der Waals surface area contributed by atoms with Crippen molar-refractivity contribution in [2.75, 3.05) is 82.6 Å². The summed E-state index contributed by atoms with van der Waals surface area (Å²) in [7, 11) is 4.14. The Hall–Kier alpha value is -11.4. The third-order valence-corrected chi connectivity index (χ3v) is 13.2. The summed E-state index contributed by atoms with van der Waals surface area (Å²) < 4.78 is 52.5. The van der Waals surface area contributed by atoms with Gasteiger partial charge in [0.2, 0.25) is 62.4 Å². The Morgan fingerprint density at radius 3 is 0.844 bits per heavy atom. The number of benzene rings is 1. The van der Waals surface area contributed by atoms with Gasteiger partial charge in [0.05, 0.1) is 26.9 Å². The van der Waals surface area contributed by atoms with E-state index in [1.54, 1.807) is 49.8 Å². The quantitative estimate of drug-likeness (QED) is 0.00791. The Labute approximate surface area is 604 Å². The summed E-state index contributed by atoms with van der Waals surface area (Å²) in [6.45, 7) is 1.70. The van der Waals surface area contributed by atoms with E-state index >= 15 is 0 Å². The summed E-state index contributed by atoms with van der Waals surface area (Å²) >= 11 is 0. The number of carbonyl (C=O) groups is 2. The first-order chi connectivity index (χ1) is 47.3. The van der Waals surface area contributed by atoms with Crippen LogP contribution in [0.15, 0.2) is 12.1 Å². The van der Waals surface area contributed by atoms with Gasteiger partial charge in [-0.1, -0.05) is 14.9 Å². The molecule has 0 amide bonds. The average molecular weight is 1640 g/mol. The number of carbonyl (C=O) groups excluding carboxylic acids is 2. The van der Waals surface area contributed by atoms with Crippen LogP contribution in [0.4, 0.5) is 38.0 Å². The molecule has 2 fully saturated rings. The first kappa shape index (κ1) is 113. The van der Waals surface area contributed by atoms with Crippen LogP contribution >= 0.6 is 8.16 Å². The molecule has 1 aromatic carbocycles. The van der Waals surface area contributed by atoms with Crippen LogP contribution < -0.4 is 4.70 Å². The standard InChI is InChI=1S/C11H21N5O7.C7H11N3O9.C7H5N3O6.C7H15N3O2.2C4H8N2O5.C3H3NO4.2CH4.F5P.FH/c1-11(17)9(15(20)21)7(12(2)3)6(14(18)19)8(13(4)5)10(11)16(22)23;1-7(13)5(9(16)17)3(11)2(8(14)15)4(12)6(7)10(18)19;1-4-6(9(13)14)2-5(8(11)12)3-7(4)10(15)16;1-8(2)5-7(10(11)12)6-9(3)4;2*1-4(7,2-5(8)9)3-6(10)11;5-1-3(2-6)4(7)8;;;1-6(2,3,4)5;/h6-10,17H,1-5H3;2-6,11-13H,1H3;2-3H,1H3;5-7H,1-4H3;2*7H,2-3H2,1H3;1-3H;2*1H4;;1H/q;;;+2;;;;;;;/p-1. The number of halogens is 6. The van der Waals surface area contributed by atoms with Gasteiger partial charge in [0, 0.05) is 59.1 Å². The van der Waals surface area contributed by atoms with Gasteiger partial charge < -0.3 is 35.3 Å². The molecule has 8 unspecified atom stereocenters. The van der Waals surface area contributed by atoms with Crippen LogP contribution in [0.5, 0.6) is 0 Å². The molecular formula is C45H79F6N19O38P+. The number of aliphatic hydroxyl groups is 6. The molecule has 0 aliphatic heterocycles. The fourth-order valence-corrected chi connectivity index (χ4v) is 9.17. The van der Waals surface area contributed by atoms with Gasteiger partial charge in [-0.3, -0.25) is 171 Å². The molecule has 0 heterocycles. The Morgan fingerprint density at radius 2 is 0.697 bits per heavy atom. The van der Waals surface area contributed by atoms with Gasteiger partial charge in [0.1, 0.15) is 33.8 Å². The molecule has 8 atom stereocenters. The van der Waals surface area contributed by atoms with E-state index in [-0.39, 0.29) is 42.6 Å². The van der Waals surface area contributed by atoms with Crippen molar-refractivity contribution in [2.24, 2.45) is 0 Å². The van der Waals surface area contributed by atoms with Gasteiger partial charge >= 0.3 is 41.2 Å². The number of hydrogen-bond acceptors (Lipinski definition) is 40. The Kier molecular flexibility index (Phi) is 48.5. The van der Waals surface area contributed by atoms with Crippen molar-refractivity contribution in [1.82, 2.24) is 9.80 Å². The molecule has 3 rings (SSSR count). The first-order valence-corrected chi connectivity index (χ1v) is 29.2. The van der Waals surface area contributed by atoms with E-state index in [2.05, 4.69) is 0 Å². The molecule has 2 saturated carbocycles. The Balaban J connectivity index is -0.000000183. The van der Waals surface area contributed by atoms with Crippen molar-refractivity contribution in [3.05, 3.63) is 169 Å². The molecule has 64 heteroatoms. The second-order valence-electron chi connectivity index (χ2n) is 23.3. The summed E-state index contributed by atoms with van der Waals surface area (Å²) in [5.74, 6) is 0. The molecule has 109 heavy (non-hydrogen) atoms. The maximum Gasteiger partial charge on any atom is 0.321 e. The second kappa shape index (κ2) is 46.6. The molecule has 2 aliphatic rings. The molecule has 0 aromatic heterocycles. The van der Waals surface area contributed by atoms with Gasteiger partial charge in [-0.15, -0.1) is 0 Å². The van der Waals surface area contributed by atoms with Gasteiger partial charge in [-0.25, -0.2) is 9.15 Å². The van der Waals surface area contributed by atoms with E-state index in [0.717, 1.165) is 20.8 Å². The molecule has 0 spiro atoms. The minimum absolute atomic E-state index is 0. The van der Waals surface area contributed by atoms with Gasteiger partial charge in [0.25, 0.3) is 53.3 Å². The largest absolute Gasteiger partial charge is 1.00 e. The van der Waals surface area contributed by atoms with Crippen LogP contribution in [0.3, 0.4) is 0 Å². The number of non-ortho nitro benzene ring substituents is 1. The van der Waals surface area contributed by atoms with Gasteiger partial charge in [0.15, 0.2) is 35.5 Å². The minimum atomic E-state index is -8.55. The van der Waals surface area contributed by atoms with Crippen LogP contribution in [0.1, 0.15) is 48.1 Å². The number of nitro benzene ring substituents is 3. The summed E-state index contributed by atoms with van der Waals surface area (Å²) in [5.41, 5.74) is -11.0. The van der Waals surface area contributed by atoms with Crippen LogP contribution in [-0.4, -0.2) is 326 Å². The molecule has 0 bridgehead atoms. The van der Waals surface area contributed by atoms with Crippen molar-refractivity contribution < 1.29 is 149 Å². The van der Waals surface area contributed by atoms with Gasteiger partial charge in [-0.05, 0) is 62.8 Å². The summed E-state index contributed by atoms with van der Waals surface area (Å²) in [6, 6.07) is -16.0. The molecule has 2 aliphatic carbocycles. The maximum atomic E-state index is 11.6. The first-order valence-electron chi connectivity index (χ1n) is 27.5. The van der Waals surface area contributed by atoms with E-state index in [0.29, 0.717) is 19.1 Å². The summed E-state index contributed by atoms with van der Waals surface area (Å²) in [5, 5.41) is 215. The normalized spacial score (nSPS) is 21.8. The molecule has 0 radical (unpaired) electrons. The molecular weight excluding hydrogens is 1560 g/mol. The van der Waals surface area contributed by atoms with E-state index in [1.807, 2.05) is 0 Å². The Bertz CT molecular complexity index is 3250. The smallest absolute Gasteiger partial charge is 0.321 e. The maximum absolute atomic E-state index is 11.6. The third kappa shape index (κ3) is 41.3. The molecule has 0 saturated heterocycles. The average Bonchev–Trinajstić information content (AvgIpc) is 0.734. The number of nitro groups is 15. The zero-order valence-corrected chi connectivity index (χ0v) is 58.1. The number of aliphatic hydroxyl groups excluding tert-OH is 2. The van der Waals surface area contributed by atoms with Crippen molar-refractivity contribution in [3.8, 4) is 0 Å². The van der Waals surface area contributed by atoms with Crippen molar-refractivity contribution in [2.45, 2.75) is 145 Å². The zero-order valence-electron chi connectivity index (χ0n) is 57.2. The molecule has 6 N–H and O–H groups in total. The van der Waals surface area contributed by atoms with Crippen LogP contribution in [0, 0.1) is 159 Å². The fourth-order valence-electron chi connectivity index (χ4n) is 9.17. The van der Waals surface area contributed by atoms with Gasteiger partial charge in [-0.2, -0.15) is 0 Å². The minimum Gasteiger partial charge on any atom is -1.00 e. The summed E-state index contributed by atoms with van der Waals surface area (Å²) in [6.07, 6.45) is -1.67. The third-order valence-electron chi connectivity index (χ3n) is 13.2. The van der Waals surface area contributed by atoms with Crippen molar-refractivity contribution >= 4 is 50.2 Å². The Morgan fingerprint density at radius 1 is 0.468 bits per heavy atom. The molecule has 57 nitrogen and oxygen atoms in total. The topological polar surface area (TPSA) is 815 Å². The predicted molar refractivity (Wildman–Crippen MR) is 349 cm³/mol. The fraction of sp³-hybridized carbons (Fsp3) is 0.778. The number of rotatable bonds is 25. The zero-order chi connectivity index (χ0) is 85.7. The van der Waals surface area contributed by atoms with E-state index in [9.17, 15) is 203 Å². The monoisotopic (exact) mass is 1640 g/mol. The molecule has 1 aromatic rings. The number of likely N-dealkylation sites (N-methyl/N-ethyl adjacent to an activating group) is 2. The second-order valence-corrected chi connectivity index (χ2v) is 24.6. The SMILES string of the molecule is C.C.CC(O)(C[N+](=O)[O-])C[N+](=O)[O-].CC(O)(C[N+](=O)[O-])C[N+](=O)[O-].CC1(O)C([N+](=O)[O-])C(O)C([N+](=O)[O-])C(O)C1[N+](=O)[O-].CN(C)C1C([N+](=O)[O-])C(N(C)C)C([N+](=O)[O-])C(C)(O)C1[N+](=O)[O-].C[N+](C)=CC(C=[N+](C)C)[N+](=O)[O-].Cc1c([N+](=O)[O-])cc([N+](=O)[O-])cc1[N+](=O)[O-].FP(F)(F)(F)F.O=CC(C=O)[N+](=O)[O-].[F-]. The number of hydrogen-bond donors (Lipinski definition) is 6. The van der Waals surface area contributed by atoms with Crippen molar-refractivity contribution in [1.29, 1.82) is 0 Å². The van der Waals surface area contributed by atoms with Crippen LogP contribution in [0.25, 0.3) is 0 Å². The predicted octanol–water partition coefficient (Wildman–Crippen LogP) is -4.16. The number of aldehydes is 2. The van der Waals surface area contributed by atoms with E-state index in [1.165, 1.54) is 44.9 Å². The molecule has 628 valence electrons.